The molecule has 0 aromatic heterocycles. The summed E-state index contributed by atoms with van der Waals surface area (Å²) in [6, 6.07) is 9.00. The monoisotopic (exact) mass is 229 g/mol. The SMILES string of the molecule is C=CCON1C(=O)C=C(c2ccccc2)C1=O. The largest absolute Gasteiger partial charge is 0.285 e. The quantitative estimate of drug-likeness (QED) is 0.581. The zero-order valence-corrected chi connectivity index (χ0v) is 9.13. The summed E-state index contributed by atoms with van der Waals surface area (Å²) >= 11 is 0. The first-order chi connectivity index (χ1) is 8.24. The summed E-state index contributed by atoms with van der Waals surface area (Å²) < 4.78 is 0. The standard InChI is InChI=1S/C13H11NO3/c1-2-8-17-14-12(15)9-11(13(14)16)10-6-4-3-5-7-10/h2-7,9H,1,8H2. The van der Waals surface area contributed by atoms with E-state index in [0.717, 1.165) is 5.06 Å². The highest BCUT2D eigenvalue weighted by atomic mass is 16.7. The van der Waals surface area contributed by atoms with Gasteiger partial charge in [0.2, 0.25) is 0 Å². The summed E-state index contributed by atoms with van der Waals surface area (Å²) in [5, 5.41) is 0.754. The van der Waals surface area contributed by atoms with Gasteiger partial charge in [-0.05, 0) is 5.56 Å². The number of carbonyl (C=O) groups excluding carboxylic acids is 2. The van der Waals surface area contributed by atoms with Gasteiger partial charge in [0.25, 0.3) is 11.8 Å². The molecular formula is C13H11NO3. The first-order valence-electron chi connectivity index (χ1n) is 5.13. The van der Waals surface area contributed by atoms with Crippen molar-refractivity contribution in [3.63, 3.8) is 0 Å². The van der Waals surface area contributed by atoms with Gasteiger partial charge in [0, 0.05) is 6.08 Å². The molecule has 2 rings (SSSR count). The van der Waals surface area contributed by atoms with Crippen molar-refractivity contribution in [3.05, 3.63) is 54.6 Å². The van der Waals surface area contributed by atoms with Gasteiger partial charge >= 0.3 is 0 Å². The van der Waals surface area contributed by atoms with Crippen molar-refractivity contribution in [2.24, 2.45) is 0 Å². The molecule has 1 aliphatic heterocycles. The number of benzene rings is 1. The van der Waals surface area contributed by atoms with Gasteiger partial charge in [-0.15, -0.1) is 11.6 Å². The van der Waals surface area contributed by atoms with Crippen LogP contribution >= 0.6 is 0 Å². The highest BCUT2D eigenvalue weighted by molar-refractivity contribution is 6.32. The molecule has 0 saturated carbocycles. The number of amides is 2. The van der Waals surface area contributed by atoms with Gasteiger partial charge < -0.3 is 0 Å². The Morgan fingerprint density at radius 2 is 1.94 bits per heavy atom. The molecule has 0 atom stereocenters. The number of imide groups is 1. The third kappa shape index (κ3) is 2.16. The lowest BCUT2D eigenvalue weighted by Gasteiger charge is -2.12. The van der Waals surface area contributed by atoms with E-state index in [4.69, 9.17) is 4.84 Å². The molecule has 4 heteroatoms. The third-order valence-electron chi connectivity index (χ3n) is 2.29. The van der Waals surface area contributed by atoms with E-state index in [2.05, 4.69) is 6.58 Å². The number of hydrogen-bond acceptors (Lipinski definition) is 3. The Morgan fingerprint density at radius 3 is 2.59 bits per heavy atom. The summed E-state index contributed by atoms with van der Waals surface area (Å²) in [6.07, 6.45) is 2.75. The van der Waals surface area contributed by atoms with Crippen LogP contribution in [0.2, 0.25) is 0 Å². The average Bonchev–Trinajstić information content (AvgIpc) is 2.64. The first-order valence-corrected chi connectivity index (χ1v) is 5.13. The van der Waals surface area contributed by atoms with Gasteiger partial charge in [-0.25, -0.2) is 0 Å². The average molecular weight is 229 g/mol. The molecule has 0 unspecified atom stereocenters. The Balaban J connectivity index is 2.22. The number of nitrogens with zero attached hydrogens (tertiary/aromatic N) is 1. The van der Waals surface area contributed by atoms with E-state index < -0.39 is 11.8 Å². The molecule has 86 valence electrons. The molecule has 4 nitrogen and oxygen atoms in total. The molecule has 0 fully saturated rings. The van der Waals surface area contributed by atoms with Gasteiger partial charge in [0.15, 0.2) is 0 Å². The van der Waals surface area contributed by atoms with Crippen molar-refractivity contribution < 1.29 is 14.4 Å². The summed E-state index contributed by atoms with van der Waals surface area (Å²) in [5.41, 5.74) is 1.05. The van der Waals surface area contributed by atoms with Crippen molar-refractivity contribution in [2.75, 3.05) is 6.61 Å². The minimum Gasteiger partial charge on any atom is -0.267 e. The summed E-state index contributed by atoms with van der Waals surface area (Å²) in [6.45, 7) is 3.58. The summed E-state index contributed by atoms with van der Waals surface area (Å²) in [4.78, 5) is 28.4. The Labute approximate surface area is 98.8 Å². The molecule has 1 aromatic carbocycles. The lowest BCUT2D eigenvalue weighted by Crippen LogP contribution is -2.31. The summed E-state index contributed by atoms with van der Waals surface area (Å²) in [5.74, 6) is -0.904. The minimum atomic E-state index is -0.462. The Hall–Kier alpha value is -2.20. The van der Waals surface area contributed by atoms with Crippen molar-refractivity contribution >= 4 is 17.4 Å². The van der Waals surface area contributed by atoms with Crippen LogP contribution in [0.4, 0.5) is 0 Å². The molecule has 1 aromatic rings. The van der Waals surface area contributed by atoms with Crippen molar-refractivity contribution in [2.45, 2.75) is 0 Å². The lowest BCUT2D eigenvalue weighted by atomic mass is 10.1. The molecule has 1 aliphatic rings. The fraction of sp³-hybridized carbons (Fsp3) is 0.0769. The predicted molar refractivity (Wildman–Crippen MR) is 62.4 cm³/mol. The minimum absolute atomic E-state index is 0.118. The van der Waals surface area contributed by atoms with Crippen molar-refractivity contribution in [1.82, 2.24) is 5.06 Å². The van der Waals surface area contributed by atoms with Crippen LogP contribution < -0.4 is 0 Å². The number of carbonyl (C=O) groups is 2. The van der Waals surface area contributed by atoms with Gasteiger partial charge in [-0.1, -0.05) is 36.4 Å². The van der Waals surface area contributed by atoms with Crippen LogP contribution in [0.5, 0.6) is 0 Å². The first kappa shape index (κ1) is 11.3. The molecular weight excluding hydrogens is 218 g/mol. The second-order valence-electron chi connectivity index (χ2n) is 3.45. The zero-order valence-electron chi connectivity index (χ0n) is 9.13. The third-order valence-corrected chi connectivity index (χ3v) is 2.29. The molecule has 0 spiro atoms. The molecule has 2 amide bonds. The zero-order chi connectivity index (χ0) is 12.3. The van der Waals surface area contributed by atoms with Gasteiger partial charge in [-0.3, -0.25) is 14.4 Å². The maximum absolute atomic E-state index is 11.9. The van der Waals surface area contributed by atoms with Crippen LogP contribution in [0.3, 0.4) is 0 Å². The normalized spacial score (nSPS) is 15.1. The fourth-order valence-corrected chi connectivity index (χ4v) is 1.53. The lowest BCUT2D eigenvalue weighted by molar-refractivity contribution is -0.181. The maximum Gasteiger partial charge on any atom is 0.285 e. The van der Waals surface area contributed by atoms with Crippen LogP contribution in [0.1, 0.15) is 5.56 Å². The van der Waals surface area contributed by atoms with Crippen LogP contribution in [-0.2, 0) is 14.4 Å². The van der Waals surface area contributed by atoms with Crippen LogP contribution in [0.25, 0.3) is 5.57 Å². The van der Waals surface area contributed by atoms with Crippen LogP contribution in [0, 0.1) is 0 Å². The Kier molecular flexibility index (Phi) is 3.16. The Bertz CT molecular complexity index is 491. The highest BCUT2D eigenvalue weighted by Crippen LogP contribution is 2.23. The van der Waals surface area contributed by atoms with E-state index in [1.807, 2.05) is 6.07 Å². The molecule has 0 bridgehead atoms. The number of rotatable bonds is 4. The van der Waals surface area contributed by atoms with E-state index in [9.17, 15) is 9.59 Å². The van der Waals surface area contributed by atoms with E-state index in [0.29, 0.717) is 11.1 Å². The van der Waals surface area contributed by atoms with Gasteiger partial charge in [0.05, 0.1) is 12.2 Å². The fourth-order valence-electron chi connectivity index (χ4n) is 1.53. The second-order valence-corrected chi connectivity index (χ2v) is 3.45. The number of hydrogen-bond donors (Lipinski definition) is 0. The van der Waals surface area contributed by atoms with Crippen LogP contribution in [-0.4, -0.2) is 23.5 Å². The molecule has 0 radical (unpaired) electrons. The Morgan fingerprint density at radius 1 is 1.24 bits per heavy atom. The number of hydroxylamine groups is 2. The van der Waals surface area contributed by atoms with Gasteiger partial charge in [-0.2, -0.15) is 0 Å². The highest BCUT2D eigenvalue weighted by Gasteiger charge is 2.32. The van der Waals surface area contributed by atoms with E-state index in [1.54, 1.807) is 24.3 Å². The van der Waals surface area contributed by atoms with Crippen molar-refractivity contribution in [3.8, 4) is 0 Å². The summed E-state index contributed by atoms with van der Waals surface area (Å²) in [7, 11) is 0. The maximum atomic E-state index is 11.9. The smallest absolute Gasteiger partial charge is 0.267 e. The molecule has 0 saturated heterocycles. The predicted octanol–water partition coefficient (Wildman–Crippen LogP) is 1.56. The van der Waals surface area contributed by atoms with Crippen molar-refractivity contribution in [1.29, 1.82) is 0 Å². The van der Waals surface area contributed by atoms with E-state index in [1.165, 1.54) is 12.2 Å². The molecule has 1 heterocycles. The molecule has 0 aliphatic carbocycles. The van der Waals surface area contributed by atoms with Gasteiger partial charge in [0.1, 0.15) is 0 Å². The topological polar surface area (TPSA) is 46.6 Å². The molecule has 0 N–H and O–H groups in total. The molecule has 17 heavy (non-hydrogen) atoms. The van der Waals surface area contributed by atoms with E-state index >= 15 is 0 Å². The van der Waals surface area contributed by atoms with Crippen LogP contribution in [0.15, 0.2) is 49.1 Å². The van der Waals surface area contributed by atoms with E-state index in [-0.39, 0.29) is 6.61 Å². The second kappa shape index (κ2) is 4.76.